The summed E-state index contributed by atoms with van der Waals surface area (Å²) in [6.45, 7) is 2.04. The molecule has 1 saturated heterocycles. The van der Waals surface area contributed by atoms with E-state index < -0.39 is 18.4 Å². The second kappa shape index (κ2) is 9.07. The number of benzene rings is 1. The molecule has 2 aliphatic heterocycles. The minimum atomic E-state index is -2.43. The van der Waals surface area contributed by atoms with Gasteiger partial charge in [-0.3, -0.25) is 0 Å². The van der Waals surface area contributed by atoms with Gasteiger partial charge in [0.2, 0.25) is 0 Å². The molecule has 1 fully saturated rings. The summed E-state index contributed by atoms with van der Waals surface area (Å²) >= 11 is -2.52. The number of aromatic nitrogens is 4. The van der Waals surface area contributed by atoms with Gasteiger partial charge >= 0.3 is 214 Å². The van der Waals surface area contributed by atoms with Gasteiger partial charge in [0.15, 0.2) is 0 Å². The summed E-state index contributed by atoms with van der Waals surface area (Å²) < 4.78 is 22.5. The molecule has 1 aromatic carbocycles. The van der Waals surface area contributed by atoms with Gasteiger partial charge in [0.25, 0.3) is 0 Å². The van der Waals surface area contributed by atoms with E-state index in [4.69, 9.17) is 0 Å². The average Bonchev–Trinajstić information content (AvgIpc) is 3.64. The molecular weight excluding hydrogens is 653 g/mol. The quantitative estimate of drug-likeness (QED) is 0.154. The van der Waals surface area contributed by atoms with Gasteiger partial charge in [-0.1, -0.05) is 0 Å². The average molecular weight is 676 g/mol. The van der Waals surface area contributed by atoms with Crippen LogP contribution in [-0.2, 0) is 0 Å². The molecule has 0 spiro atoms. The normalized spacial score (nSPS) is 17.9. The second-order valence-corrected chi connectivity index (χ2v) is 20.7. The van der Waals surface area contributed by atoms with E-state index >= 15 is 4.39 Å². The standard InChI is InChI=1S/C27H23FI2N4/c1-18-13-21(8-12-31-18)23-7-4-19(15-29-23)16-30(9-10-30)27-25(28)26(33-17-34-27)22-6-5-20-3-2-11-32-24(20)14-22/h2-8,11-14,17H,9-10,15-16H2,1H3/q-2. The van der Waals surface area contributed by atoms with E-state index in [1.54, 1.807) is 12.5 Å². The van der Waals surface area contributed by atoms with Gasteiger partial charge in [0.1, 0.15) is 0 Å². The topological polar surface area (TPSA) is 51.6 Å². The number of pyridine rings is 2. The fraction of sp³-hybridized carbons (Fsp3) is 0.185. The second-order valence-electron chi connectivity index (χ2n) is 8.51. The van der Waals surface area contributed by atoms with Crippen LogP contribution in [0.2, 0.25) is 0 Å². The van der Waals surface area contributed by atoms with E-state index in [2.05, 4.69) is 44.2 Å². The van der Waals surface area contributed by atoms with Crippen molar-refractivity contribution in [2.24, 2.45) is 0 Å². The van der Waals surface area contributed by atoms with Crippen molar-refractivity contribution < 1.29 is 44.0 Å². The predicted molar refractivity (Wildman–Crippen MR) is 126 cm³/mol. The van der Waals surface area contributed by atoms with Crippen LogP contribution in [-0.4, -0.2) is 37.6 Å². The molecule has 2 aliphatic rings. The molecule has 0 saturated carbocycles. The van der Waals surface area contributed by atoms with E-state index in [-0.39, 0.29) is 27.0 Å². The number of rotatable bonds is 5. The number of fused-ring (bicyclic) bond motifs is 1. The molecule has 0 atom stereocenters. The Morgan fingerprint density at radius 1 is 0.941 bits per heavy atom. The molecule has 3 aromatic heterocycles. The Morgan fingerprint density at radius 2 is 1.85 bits per heavy atom. The van der Waals surface area contributed by atoms with E-state index in [1.165, 1.54) is 14.7 Å². The maximum atomic E-state index is 15.8. The Balaban J connectivity index is 1.28. The summed E-state index contributed by atoms with van der Waals surface area (Å²) in [5.74, 6) is -0.207. The predicted octanol–water partition coefficient (Wildman–Crippen LogP) is -1.05. The van der Waals surface area contributed by atoms with E-state index in [1.807, 2.05) is 43.5 Å². The van der Waals surface area contributed by atoms with Crippen LogP contribution < -0.4 is 39.6 Å². The van der Waals surface area contributed by atoms with Crippen molar-refractivity contribution in [3.05, 3.63) is 99.7 Å². The number of alkyl halides is 4. The molecule has 5 heterocycles. The summed E-state index contributed by atoms with van der Waals surface area (Å²) in [5.41, 5.74) is 5.88. The number of halogens is 3. The first-order valence-corrected chi connectivity index (χ1v) is 19.3. The number of nitrogens with zero attached hydrogens (tertiary/aromatic N) is 4. The van der Waals surface area contributed by atoms with Crippen LogP contribution in [0, 0.1) is 16.4 Å². The number of hydrogen-bond acceptors (Lipinski definition) is 4. The first-order valence-electron chi connectivity index (χ1n) is 11.1. The van der Waals surface area contributed by atoms with Crippen molar-refractivity contribution in [1.82, 2.24) is 19.9 Å². The van der Waals surface area contributed by atoms with Crippen LogP contribution in [0.3, 0.4) is 0 Å². The molecule has 7 heteroatoms. The molecule has 0 bridgehead atoms. The molecule has 0 unspecified atom stereocenters. The third-order valence-corrected chi connectivity index (χ3v) is 18.3. The Labute approximate surface area is 212 Å². The first-order chi connectivity index (χ1) is 16.6. The summed E-state index contributed by atoms with van der Waals surface area (Å²) in [7, 11) is 0. The Bertz CT molecular complexity index is 1480. The molecular formula is C27H23FI2N4-2. The molecule has 0 aliphatic carbocycles. The van der Waals surface area contributed by atoms with Gasteiger partial charge in [-0.2, -0.15) is 0 Å². The molecule has 0 amide bonds. The van der Waals surface area contributed by atoms with Gasteiger partial charge in [0, 0.05) is 0 Å². The van der Waals surface area contributed by atoms with Crippen molar-refractivity contribution in [3.63, 3.8) is 0 Å². The number of aryl methyl sites for hydroxylation is 1. The van der Waals surface area contributed by atoms with Gasteiger partial charge in [0.05, 0.1) is 0 Å². The minimum absolute atomic E-state index is 0.0878. The van der Waals surface area contributed by atoms with Crippen molar-refractivity contribution in [2.75, 3.05) is 17.7 Å². The zero-order chi connectivity index (χ0) is 23.1. The van der Waals surface area contributed by atoms with Crippen LogP contribution in [0.4, 0.5) is 4.39 Å². The van der Waals surface area contributed by atoms with E-state index in [0.717, 1.165) is 43.6 Å². The van der Waals surface area contributed by atoms with Crippen molar-refractivity contribution in [3.8, 4) is 11.3 Å². The molecule has 174 valence electrons. The van der Waals surface area contributed by atoms with Gasteiger partial charge in [-0.05, 0) is 0 Å². The third-order valence-electron chi connectivity index (χ3n) is 6.10. The molecule has 4 aromatic rings. The third kappa shape index (κ3) is 4.28. The van der Waals surface area contributed by atoms with Crippen molar-refractivity contribution in [1.29, 1.82) is 0 Å². The van der Waals surface area contributed by atoms with E-state index in [9.17, 15) is 0 Å². The van der Waals surface area contributed by atoms with E-state index in [0.29, 0.717) is 5.69 Å². The molecule has 34 heavy (non-hydrogen) atoms. The van der Waals surface area contributed by atoms with Crippen LogP contribution in [0.1, 0.15) is 11.3 Å². The molecule has 4 nitrogen and oxygen atoms in total. The van der Waals surface area contributed by atoms with Gasteiger partial charge < -0.3 is 0 Å². The van der Waals surface area contributed by atoms with Gasteiger partial charge in [-0.15, -0.1) is 0 Å². The van der Waals surface area contributed by atoms with Crippen LogP contribution in [0.25, 0.3) is 25.7 Å². The Morgan fingerprint density at radius 3 is 2.65 bits per heavy atom. The Hall–Kier alpha value is -2.27. The molecule has 0 radical (unpaired) electrons. The summed E-state index contributed by atoms with van der Waals surface area (Å²) in [6.07, 6.45) is 9.81. The fourth-order valence-electron chi connectivity index (χ4n) is 4.22. The van der Waals surface area contributed by atoms with Crippen LogP contribution >= 0.6 is 0 Å². The SMILES string of the molecule is Cc1cc(C2=CC=C(C[I-]3(c4ncnc(-c5ccc6cccnc6c5)c4F)CC3)C[I-]2)ccn1. The van der Waals surface area contributed by atoms with Crippen molar-refractivity contribution in [2.45, 2.75) is 6.92 Å². The Kier molecular flexibility index (Phi) is 5.92. The monoisotopic (exact) mass is 676 g/mol. The summed E-state index contributed by atoms with van der Waals surface area (Å²) in [6, 6.07) is 14.1. The fourth-order valence-corrected chi connectivity index (χ4v) is 18.2. The maximum absolute atomic E-state index is 15.8. The zero-order valence-electron chi connectivity index (χ0n) is 18.7. The van der Waals surface area contributed by atoms with Crippen LogP contribution in [0.5, 0.6) is 0 Å². The van der Waals surface area contributed by atoms with Crippen LogP contribution in [0.15, 0.2) is 78.9 Å². The number of hydrogen-bond donors (Lipinski definition) is 0. The van der Waals surface area contributed by atoms with Crippen molar-refractivity contribution >= 4 is 14.5 Å². The molecule has 0 N–H and O–H groups in total. The van der Waals surface area contributed by atoms with Gasteiger partial charge in [-0.25, -0.2) is 0 Å². The zero-order valence-corrected chi connectivity index (χ0v) is 23.0. The molecule has 6 rings (SSSR count). The first kappa shape index (κ1) is 22.2. The summed E-state index contributed by atoms with van der Waals surface area (Å²) in [5, 5.41) is 1.04. The summed E-state index contributed by atoms with van der Waals surface area (Å²) in [4.78, 5) is 17.6. The number of allylic oxidation sites excluding steroid dienone is 3.